The van der Waals surface area contributed by atoms with Gasteiger partial charge in [-0.3, -0.25) is 14.5 Å². The van der Waals surface area contributed by atoms with Crippen LogP contribution in [-0.2, 0) is 27.5 Å². The number of amides is 2. The molecule has 27 heavy (non-hydrogen) atoms. The number of ether oxygens (including phenoxy) is 1. The molecule has 0 radical (unpaired) electrons. The summed E-state index contributed by atoms with van der Waals surface area (Å²) in [5.41, 5.74) is 0. The van der Waals surface area contributed by atoms with Gasteiger partial charge in [0.2, 0.25) is 17.7 Å². The van der Waals surface area contributed by atoms with E-state index in [-0.39, 0.29) is 31.0 Å². The fourth-order valence-corrected chi connectivity index (χ4v) is 3.62. The molecular formula is C18H29N5O4. The predicted molar refractivity (Wildman–Crippen MR) is 96.4 cm³/mol. The fraction of sp³-hybridized carbons (Fsp3) is 0.778. The average molecular weight is 379 g/mol. The molecule has 0 unspecified atom stereocenters. The highest BCUT2D eigenvalue weighted by Crippen LogP contribution is 2.35. The van der Waals surface area contributed by atoms with Crippen LogP contribution in [0.4, 0.5) is 0 Å². The lowest BCUT2D eigenvalue weighted by Gasteiger charge is -2.30. The smallest absolute Gasteiger partial charge is 0.246 e. The molecule has 2 aliphatic rings. The summed E-state index contributed by atoms with van der Waals surface area (Å²) < 4.78 is 10.0. The van der Waals surface area contributed by atoms with E-state index in [1.165, 1.54) is 12.8 Å². The summed E-state index contributed by atoms with van der Waals surface area (Å²) in [5.74, 6) is 1.56. The van der Waals surface area contributed by atoms with Crippen LogP contribution in [0, 0.1) is 5.92 Å². The molecule has 2 N–H and O–H groups in total. The lowest BCUT2D eigenvalue weighted by atomic mass is 10.1. The Morgan fingerprint density at radius 3 is 2.70 bits per heavy atom. The second kappa shape index (κ2) is 9.27. The number of methoxy groups -OCH3 is 1. The van der Waals surface area contributed by atoms with Crippen LogP contribution in [-0.4, -0.2) is 59.1 Å². The largest absolute Gasteiger partial charge is 0.377 e. The van der Waals surface area contributed by atoms with E-state index in [1.807, 2.05) is 0 Å². The van der Waals surface area contributed by atoms with E-state index in [4.69, 9.17) is 9.26 Å². The molecule has 2 heterocycles. The SMILES string of the molecule is COCc1noc(CNC(=O)C[C@H]2CC[C@@H](CNC(C)=O)N2CC2CC2)n1. The lowest BCUT2D eigenvalue weighted by Crippen LogP contribution is -2.45. The van der Waals surface area contributed by atoms with Crippen molar-refractivity contribution in [2.45, 2.75) is 64.3 Å². The van der Waals surface area contributed by atoms with E-state index in [1.54, 1.807) is 14.0 Å². The van der Waals surface area contributed by atoms with Crippen molar-refractivity contribution in [2.75, 3.05) is 20.2 Å². The molecule has 0 aromatic carbocycles. The Morgan fingerprint density at radius 1 is 1.22 bits per heavy atom. The summed E-state index contributed by atoms with van der Waals surface area (Å²) in [5, 5.41) is 9.57. The summed E-state index contributed by atoms with van der Waals surface area (Å²) in [6.07, 6.45) is 4.97. The molecule has 1 saturated carbocycles. The van der Waals surface area contributed by atoms with Gasteiger partial charge in [0.15, 0.2) is 5.82 Å². The Hall–Kier alpha value is -2.00. The van der Waals surface area contributed by atoms with Gasteiger partial charge in [-0.05, 0) is 31.6 Å². The summed E-state index contributed by atoms with van der Waals surface area (Å²) >= 11 is 0. The molecule has 0 spiro atoms. The van der Waals surface area contributed by atoms with Crippen LogP contribution < -0.4 is 10.6 Å². The van der Waals surface area contributed by atoms with Gasteiger partial charge in [0, 0.05) is 45.6 Å². The topological polar surface area (TPSA) is 110 Å². The first-order valence-electron chi connectivity index (χ1n) is 9.62. The third-order valence-corrected chi connectivity index (χ3v) is 5.17. The number of likely N-dealkylation sites (tertiary alicyclic amines) is 1. The van der Waals surface area contributed by atoms with E-state index >= 15 is 0 Å². The van der Waals surface area contributed by atoms with E-state index in [2.05, 4.69) is 25.7 Å². The Bertz CT molecular complexity index is 645. The van der Waals surface area contributed by atoms with Gasteiger partial charge in [0.05, 0.1) is 6.54 Å². The van der Waals surface area contributed by atoms with Gasteiger partial charge in [0.1, 0.15) is 6.61 Å². The summed E-state index contributed by atoms with van der Waals surface area (Å²) in [7, 11) is 1.56. The molecule has 1 aliphatic heterocycles. The maximum absolute atomic E-state index is 12.4. The molecule has 9 heteroatoms. The van der Waals surface area contributed by atoms with Crippen LogP contribution >= 0.6 is 0 Å². The van der Waals surface area contributed by atoms with Gasteiger partial charge in [0.25, 0.3) is 0 Å². The Kier molecular flexibility index (Phi) is 6.78. The van der Waals surface area contributed by atoms with E-state index in [9.17, 15) is 9.59 Å². The number of carbonyl (C=O) groups excluding carboxylic acids is 2. The van der Waals surface area contributed by atoms with Gasteiger partial charge in [-0.2, -0.15) is 4.98 Å². The van der Waals surface area contributed by atoms with Crippen molar-refractivity contribution < 1.29 is 18.8 Å². The number of nitrogens with one attached hydrogen (secondary N) is 2. The maximum Gasteiger partial charge on any atom is 0.246 e. The molecule has 1 aliphatic carbocycles. The number of nitrogens with zero attached hydrogens (tertiary/aromatic N) is 3. The van der Waals surface area contributed by atoms with Crippen molar-refractivity contribution in [1.29, 1.82) is 0 Å². The van der Waals surface area contributed by atoms with Gasteiger partial charge in [-0.25, -0.2) is 0 Å². The average Bonchev–Trinajstić information content (AvgIpc) is 3.21. The molecular weight excluding hydrogens is 350 g/mol. The minimum Gasteiger partial charge on any atom is -0.377 e. The Labute approximate surface area is 159 Å². The molecule has 2 atom stereocenters. The summed E-state index contributed by atoms with van der Waals surface area (Å²) in [6, 6.07) is 0.538. The highest BCUT2D eigenvalue weighted by atomic mass is 16.5. The molecule has 2 fully saturated rings. The first kappa shape index (κ1) is 19.8. The standard InChI is InChI=1S/C18H29N5O4/c1-12(24)19-8-15-6-5-14(23(15)10-13-3-4-13)7-17(25)20-9-18-21-16(11-26-2)22-27-18/h13-15H,3-11H2,1-2H3,(H,19,24)(H,20,25)/t14-,15+/m1/s1. The number of carbonyl (C=O) groups is 2. The van der Waals surface area contributed by atoms with Gasteiger partial charge >= 0.3 is 0 Å². The molecule has 1 aromatic rings. The Balaban J connectivity index is 1.48. The van der Waals surface area contributed by atoms with E-state index in [0.29, 0.717) is 30.7 Å². The van der Waals surface area contributed by atoms with Crippen molar-refractivity contribution in [3.63, 3.8) is 0 Å². The molecule has 1 aromatic heterocycles. The third kappa shape index (κ3) is 6.00. The third-order valence-electron chi connectivity index (χ3n) is 5.17. The van der Waals surface area contributed by atoms with Crippen LogP contribution in [0.15, 0.2) is 4.52 Å². The van der Waals surface area contributed by atoms with Crippen LogP contribution in [0.1, 0.15) is 50.7 Å². The monoisotopic (exact) mass is 379 g/mol. The lowest BCUT2D eigenvalue weighted by molar-refractivity contribution is -0.123. The van der Waals surface area contributed by atoms with Crippen molar-refractivity contribution in [3.05, 3.63) is 11.7 Å². The highest BCUT2D eigenvalue weighted by Gasteiger charge is 2.37. The van der Waals surface area contributed by atoms with Crippen LogP contribution in [0.5, 0.6) is 0 Å². The van der Waals surface area contributed by atoms with Gasteiger partial charge in [-0.1, -0.05) is 5.16 Å². The quantitative estimate of drug-likeness (QED) is 0.613. The van der Waals surface area contributed by atoms with Gasteiger partial charge < -0.3 is 19.9 Å². The van der Waals surface area contributed by atoms with E-state index < -0.39 is 0 Å². The van der Waals surface area contributed by atoms with Crippen LogP contribution in [0.2, 0.25) is 0 Å². The van der Waals surface area contributed by atoms with Gasteiger partial charge in [-0.15, -0.1) is 0 Å². The molecule has 1 saturated heterocycles. The van der Waals surface area contributed by atoms with Crippen molar-refractivity contribution in [3.8, 4) is 0 Å². The molecule has 2 amide bonds. The maximum atomic E-state index is 12.4. The summed E-state index contributed by atoms with van der Waals surface area (Å²) in [4.78, 5) is 30.2. The molecule has 3 rings (SSSR count). The van der Waals surface area contributed by atoms with Crippen LogP contribution in [0.25, 0.3) is 0 Å². The Morgan fingerprint density at radius 2 is 2.00 bits per heavy atom. The molecule has 0 bridgehead atoms. The molecule has 150 valence electrons. The fourth-order valence-electron chi connectivity index (χ4n) is 3.62. The van der Waals surface area contributed by atoms with Crippen LogP contribution in [0.3, 0.4) is 0 Å². The number of hydrogen-bond donors (Lipinski definition) is 2. The minimum atomic E-state index is -0.0209. The first-order valence-corrected chi connectivity index (χ1v) is 9.62. The normalized spacial score (nSPS) is 22.7. The minimum absolute atomic E-state index is 0.00466. The van der Waals surface area contributed by atoms with Crippen molar-refractivity contribution in [2.24, 2.45) is 5.92 Å². The number of rotatable bonds is 10. The zero-order valence-electron chi connectivity index (χ0n) is 16.1. The van der Waals surface area contributed by atoms with E-state index in [0.717, 1.165) is 25.3 Å². The zero-order valence-corrected chi connectivity index (χ0v) is 16.1. The van der Waals surface area contributed by atoms with Crippen molar-refractivity contribution >= 4 is 11.8 Å². The number of hydrogen-bond acceptors (Lipinski definition) is 7. The predicted octanol–water partition coefficient (Wildman–Crippen LogP) is 0.601. The summed E-state index contributed by atoms with van der Waals surface area (Å²) in [6.45, 7) is 3.73. The first-order chi connectivity index (χ1) is 13.0. The second-order valence-corrected chi connectivity index (χ2v) is 7.48. The number of aromatic nitrogens is 2. The highest BCUT2D eigenvalue weighted by molar-refractivity contribution is 5.76. The van der Waals surface area contributed by atoms with Crippen molar-refractivity contribution in [1.82, 2.24) is 25.7 Å². The zero-order chi connectivity index (χ0) is 19.2. The second-order valence-electron chi connectivity index (χ2n) is 7.48. The molecule has 9 nitrogen and oxygen atoms in total.